The molecular formula is C17H21N3O4. The van der Waals surface area contributed by atoms with Gasteiger partial charge in [-0.3, -0.25) is 14.4 Å². The number of ether oxygens (including phenoxy) is 1. The van der Waals surface area contributed by atoms with Crippen LogP contribution in [0.5, 0.6) is 0 Å². The third kappa shape index (κ3) is 3.91. The molecule has 2 atom stereocenters. The van der Waals surface area contributed by atoms with Gasteiger partial charge < -0.3 is 20.3 Å². The van der Waals surface area contributed by atoms with Crippen LogP contribution < -0.4 is 10.6 Å². The van der Waals surface area contributed by atoms with Gasteiger partial charge in [0.1, 0.15) is 0 Å². The Bertz CT molecular complexity index is 638. The fourth-order valence-corrected chi connectivity index (χ4v) is 2.85. The summed E-state index contributed by atoms with van der Waals surface area (Å²) >= 11 is 0. The minimum Gasteiger partial charge on any atom is -0.378 e. The molecule has 7 heteroatoms. The number of hydrogen-bond acceptors (Lipinski definition) is 4. The van der Waals surface area contributed by atoms with E-state index in [9.17, 15) is 14.4 Å². The molecule has 24 heavy (non-hydrogen) atoms. The fourth-order valence-electron chi connectivity index (χ4n) is 2.85. The first kappa shape index (κ1) is 16.4. The van der Waals surface area contributed by atoms with Crippen molar-refractivity contribution >= 4 is 29.1 Å². The summed E-state index contributed by atoms with van der Waals surface area (Å²) < 4.78 is 5.24. The first-order chi connectivity index (χ1) is 11.5. The van der Waals surface area contributed by atoms with Gasteiger partial charge in [-0.25, -0.2) is 0 Å². The molecule has 2 unspecified atom stereocenters. The lowest BCUT2D eigenvalue weighted by Crippen LogP contribution is -2.42. The molecule has 0 aromatic heterocycles. The average Bonchev–Trinajstić information content (AvgIpc) is 3.37. The zero-order chi connectivity index (χ0) is 17.1. The van der Waals surface area contributed by atoms with E-state index in [-0.39, 0.29) is 29.6 Å². The van der Waals surface area contributed by atoms with Crippen molar-refractivity contribution in [3.8, 4) is 0 Å². The van der Waals surface area contributed by atoms with Gasteiger partial charge in [0.15, 0.2) is 0 Å². The Labute approximate surface area is 140 Å². The normalized spacial score (nSPS) is 22.6. The fraction of sp³-hybridized carbons (Fsp3) is 0.471. The van der Waals surface area contributed by atoms with E-state index in [2.05, 4.69) is 10.6 Å². The molecule has 3 amide bonds. The van der Waals surface area contributed by atoms with E-state index in [1.807, 2.05) is 0 Å². The molecule has 1 aliphatic carbocycles. The second kappa shape index (κ2) is 7.00. The van der Waals surface area contributed by atoms with Gasteiger partial charge in [0.25, 0.3) is 0 Å². The van der Waals surface area contributed by atoms with Crippen LogP contribution >= 0.6 is 0 Å². The Morgan fingerprint density at radius 2 is 1.58 bits per heavy atom. The molecule has 0 bridgehead atoms. The average molecular weight is 331 g/mol. The molecule has 1 aromatic carbocycles. The van der Waals surface area contributed by atoms with Crippen molar-refractivity contribution in [1.82, 2.24) is 4.90 Å². The van der Waals surface area contributed by atoms with E-state index < -0.39 is 0 Å². The van der Waals surface area contributed by atoms with E-state index in [1.54, 1.807) is 29.2 Å². The largest absolute Gasteiger partial charge is 0.378 e. The molecule has 2 fully saturated rings. The Kier molecular flexibility index (Phi) is 4.80. The third-order valence-electron chi connectivity index (χ3n) is 4.24. The monoisotopic (exact) mass is 331 g/mol. The van der Waals surface area contributed by atoms with Crippen LogP contribution in [0.4, 0.5) is 11.4 Å². The molecule has 1 saturated carbocycles. The topological polar surface area (TPSA) is 87.7 Å². The molecule has 7 nitrogen and oxygen atoms in total. The van der Waals surface area contributed by atoms with E-state index in [1.165, 1.54) is 6.92 Å². The highest BCUT2D eigenvalue weighted by molar-refractivity contribution is 5.99. The second-order valence-corrected chi connectivity index (χ2v) is 6.13. The van der Waals surface area contributed by atoms with Gasteiger partial charge in [0.2, 0.25) is 17.7 Å². The van der Waals surface area contributed by atoms with Crippen LogP contribution in [0.25, 0.3) is 0 Å². The molecule has 1 aromatic rings. The van der Waals surface area contributed by atoms with Gasteiger partial charge in [-0.2, -0.15) is 0 Å². The summed E-state index contributed by atoms with van der Waals surface area (Å²) in [6.45, 7) is 3.78. The van der Waals surface area contributed by atoms with Crippen LogP contribution in [0.3, 0.4) is 0 Å². The number of amides is 3. The number of carbonyl (C=O) groups excluding carboxylic acids is 3. The number of anilines is 2. The maximum absolute atomic E-state index is 12.3. The molecule has 1 heterocycles. The van der Waals surface area contributed by atoms with Crippen LogP contribution in [0.2, 0.25) is 0 Å². The Hall–Kier alpha value is -2.41. The summed E-state index contributed by atoms with van der Waals surface area (Å²) in [7, 11) is 0. The number of nitrogens with one attached hydrogen (secondary N) is 2. The van der Waals surface area contributed by atoms with Gasteiger partial charge in [0, 0.05) is 31.4 Å². The van der Waals surface area contributed by atoms with Gasteiger partial charge in [-0.05, 0) is 30.7 Å². The number of hydrogen-bond donors (Lipinski definition) is 2. The number of nitrogens with zero attached hydrogens (tertiary/aromatic N) is 1. The van der Waals surface area contributed by atoms with Crippen molar-refractivity contribution in [2.75, 3.05) is 36.9 Å². The summed E-state index contributed by atoms with van der Waals surface area (Å²) in [6, 6.07) is 6.90. The molecule has 2 aliphatic rings. The van der Waals surface area contributed by atoms with E-state index in [4.69, 9.17) is 4.74 Å². The third-order valence-corrected chi connectivity index (χ3v) is 4.24. The predicted molar refractivity (Wildman–Crippen MR) is 88.4 cm³/mol. The standard InChI is InChI=1S/C17H21N3O4/c1-11(21)18-12-2-4-13(5-3-12)19-16(22)14-10-15(14)17(23)20-6-8-24-9-7-20/h2-5,14-15H,6-10H2,1H3,(H,18,21)(H,19,22). The number of benzene rings is 1. The van der Waals surface area contributed by atoms with Crippen molar-refractivity contribution < 1.29 is 19.1 Å². The highest BCUT2D eigenvalue weighted by Gasteiger charge is 2.49. The van der Waals surface area contributed by atoms with Crippen LogP contribution in [0.15, 0.2) is 24.3 Å². The zero-order valence-corrected chi connectivity index (χ0v) is 13.6. The quantitative estimate of drug-likeness (QED) is 0.864. The van der Waals surface area contributed by atoms with Crippen LogP contribution in [-0.4, -0.2) is 48.9 Å². The van der Waals surface area contributed by atoms with Crippen molar-refractivity contribution in [1.29, 1.82) is 0 Å². The first-order valence-electron chi connectivity index (χ1n) is 8.09. The lowest BCUT2D eigenvalue weighted by Gasteiger charge is -2.27. The SMILES string of the molecule is CC(=O)Nc1ccc(NC(=O)C2CC2C(=O)N2CCOCC2)cc1. The van der Waals surface area contributed by atoms with E-state index in [0.29, 0.717) is 44.1 Å². The molecule has 0 radical (unpaired) electrons. The number of rotatable bonds is 4. The molecular weight excluding hydrogens is 310 g/mol. The van der Waals surface area contributed by atoms with Crippen LogP contribution in [0, 0.1) is 11.8 Å². The van der Waals surface area contributed by atoms with Gasteiger partial charge in [-0.15, -0.1) is 0 Å². The van der Waals surface area contributed by atoms with Crippen LogP contribution in [0.1, 0.15) is 13.3 Å². The lowest BCUT2D eigenvalue weighted by atomic mass is 10.2. The van der Waals surface area contributed by atoms with Crippen molar-refractivity contribution in [2.45, 2.75) is 13.3 Å². The summed E-state index contributed by atoms with van der Waals surface area (Å²) in [4.78, 5) is 37.3. The van der Waals surface area contributed by atoms with Crippen molar-refractivity contribution in [2.24, 2.45) is 11.8 Å². The lowest BCUT2D eigenvalue weighted by molar-refractivity contribution is -0.137. The molecule has 3 rings (SSSR count). The van der Waals surface area contributed by atoms with Gasteiger partial charge >= 0.3 is 0 Å². The van der Waals surface area contributed by atoms with Crippen LogP contribution in [-0.2, 0) is 19.1 Å². The molecule has 2 N–H and O–H groups in total. The van der Waals surface area contributed by atoms with E-state index >= 15 is 0 Å². The zero-order valence-electron chi connectivity index (χ0n) is 13.6. The minimum atomic E-state index is -0.254. The van der Waals surface area contributed by atoms with Crippen molar-refractivity contribution in [3.05, 3.63) is 24.3 Å². The minimum absolute atomic E-state index is 0.0551. The maximum atomic E-state index is 12.3. The Balaban J connectivity index is 1.51. The molecule has 0 spiro atoms. The Morgan fingerprint density at radius 1 is 1.00 bits per heavy atom. The summed E-state index contributed by atoms with van der Waals surface area (Å²) in [6.07, 6.45) is 0.603. The second-order valence-electron chi connectivity index (χ2n) is 6.13. The number of carbonyl (C=O) groups is 3. The highest BCUT2D eigenvalue weighted by Crippen LogP contribution is 2.41. The molecule has 1 saturated heterocycles. The van der Waals surface area contributed by atoms with Gasteiger partial charge in [0.05, 0.1) is 25.0 Å². The molecule has 1 aliphatic heterocycles. The maximum Gasteiger partial charge on any atom is 0.228 e. The van der Waals surface area contributed by atoms with Gasteiger partial charge in [-0.1, -0.05) is 0 Å². The Morgan fingerprint density at radius 3 is 2.17 bits per heavy atom. The summed E-state index contributed by atoms with van der Waals surface area (Å²) in [5.41, 5.74) is 1.32. The predicted octanol–water partition coefficient (Wildman–Crippen LogP) is 1.08. The number of morpholine rings is 1. The summed E-state index contributed by atoms with van der Waals surface area (Å²) in [5.74, 6) is -0.681. The highest BCUT2D eigenvalue weighted by atomic mass is 16.5. The first-order valence-corrected chi connectivity index (χ1v) is 8.09. The smallest absolute Gasteiger partial charge is 0.228 e. The van der Waals surface area contributed by atoms with Crippen molar-refractivity contribution in [3.63, 3.8) is 0 Å². The summed E-state index contributed by atoms with van der Waals surface area (Å²) in [5, 5.41) is 5.49. The molecule has 128 valence electrons. The van der Waals surface area contributed by atoms with E-state index in [0.717, 1.165) is 0 Å².